The van der Waals surface area contributed by atoms with Gasteiger partial charge in [-0.15, -0.1) is 0 Å². The highest BCUT2D eigenvalue weighted by molar-refractivity contribution is 7.98. The van der Waals surface area contributed by atoms with E-state index in [0.29, 0.717) is 17.7 Å². The summed E-state index contributed by atoms with van der Waals surface area (Å²) >= 11 is 1.50. The molecule has 0 bridgehead atoms. The Labute approximate surface area is 204 Å². The predicted octanol–water partition coefficient (Wildman–Crippen LogP) is 1.75. The van der Waals surface area contributed by atoms with Gasteiger partial charge in [-0.3, -0.25) is 14.4 Å². The summed E-state index contributed by atoms with van der Waals surface area (Å²) in [7, 11) is 0. The first kappa shape index (κ1) is 29.1. The van der Waals surface area contributed by atoms with Crippen molar-refractivity contribution in [2.24, 2.45) is 0 Å². The van der Waals surface area contributed by atoms with Gasteiger partial charge >= 0.3 is 12.1 Å². The van der Waals surface area contributed by atoms with Crippen LogP contribution in [0.1, 0.15) is 39.7 Å². The van der Waals surface area contributed by atoms with E-state index in [0.717, 1.165) is 0 Å². The Morgan fingerprint density at radius 2 is 1.68 bits per heavy atom. The van der Waals surface area contributed by atoms with Crippen molar-refractivity contribution in [3.63, 3.8) is 0 Å². The number of benzene rings is 1. The number of carbonyl (C=O) groups is 4. The number of phenols is 1. The summed E-state index contributed by atoms with van der Waals surface area (Å²) in [6.07, 6.45) is 1.51. The van der Waals surface area contributed by atoms with Crippen molar-refractivity contribution in [3.05, 3.63) is 29.8 Å². The lowest BCUT2D eigenvalue weighted by molar-refractivity contribution is -0.143. The average Bonchev–Trinajstić information content (AvgIpc) is 2.74. The van der Waals surface area contributed by atoms with Crippen LogP contribution < -0.4 is 16.0 Å². The molecule has 1 rings (SSSR count). The lowest BCUT2D eigenvalue weighted by Crippen LogP contribution is -2.55. The summed E-state index contributed by atoms with van der Waals surface area (Å²) in [5, 5.41) is 17.2. The first-order valence-electron chi connectivity index (χ1n) is 10.9. The summed E-state index contributed by atoms with van der Waals surface area (Å²) in [6.45, 7) is 6.64. The first-order chi connectivity index (χ1) is 15.9. The molecule has 0 radical (unpaired) electrons. The minimum Gasteiger partial charge on any atom is -0.508 e. The molecular weight excluding hydrogens is 462 g/mol. The molecule has 0 heterocycles. The van der Waals surface area contributed by atoms with Crippen molar-refractivity contribution in [3.8, 4) is 5.75 Å². The van der Waals surface area contributed by atoms with E-state index in [2.05, 4.69) is 16.0 Å². The molecule has 0 aromatic heterocycles. The summed E-state index contributed by atoms with van der Waals surface area (Å²) < 4.78 is 10.1. The second-order valence-corrected chi connectivity index (χ2v) is 9.42. The summed E-state index contributed by atoms with van der Waals surface area (Å²) in [5.41, 5.74) is -0.0845. The Kier molecular flexibility index (Phi) is 12.3. The molecule has 34 heavy (non-hydrogen) atoms. The van der Waals surface area contributed by atoms with Gasteiger partial charge < -0.3 is 30.5 Å². The van der Waals surface area contributed by atoms with E-state index >= 15 is 0 Å². The van der Waals surface area contributed by atoms with Crippen molar-refractivity contribution in [1.82, 2.24) is 16.0 Å². The van der Waals surface area contributed by atoms with Crippen LogP contribution >= 0.6 is 11.8 Å². The fraction of sp³-hybridized carbons (Fsp3) is 0.565. The van der Waals surface area contributed by atoms with Crippen molar-refractivity contribution >= 4 is 35.6 Å². The molecule has 3 amide bonds. The van der Waals surface area contributed by atoms with E-state index in [1.54, 1.807) is 39.8 Å². The van der Waals surface area contributed by atoms with Crippen molar-refractivity contribution < 1.29 is 33.8 Å². The van der Waals surface area contributed by atoms with Crippen LogP contribution in [0.15, 0.2) is 24.3 Å². The van der Waals surface area contributed by atoms with Crippen LogP contribution in [0, 0.1) is 0 Å². The van der Waals surface area contributed by atoms with Crippen LogP contribution in [-0.2, 0) is 30.3 Å². The smallest absolute Gasteiger partial charge is 0.408 e. The molecule has 0 fully saturated rings. The normalized spacial score (nSPS) is 12.7. The van der Waals surface area contributed by atoms with Gasteiger partial charge in [-0.25, -0.2) is 4.79 Å². The van der Waals surface area contributed by atoms with E-state index in [9.17, 15) is 24.3 Å². The van der Waals surface area contributed by atoms with Gasteiger partial charge in [0.1, 0.15) is 30.0 Å². The van der Waals surface area contributed by atoms with E-state index in [4.69, 9.17) is 9.47 Å². The van der Waals surface area contributed by atoms with Gasteiger partial charge in [-0.1, -0.05) is 12.1 Å². The minimum absolute atomic E-state index is 0.0697. The van der Waals surface area contributed by atoms with Crippen LogP contribution in [0.25, 0.3) is 0 Å². The highest BCUT2D eigenvalue weighted by Gasteiger charge is 2.28. The molecule has 4 N–H and O–H groups in total. The summed E-state index contributed by atoms with van der Waals surface area (Å²) in [5.74, 6) is -1.05. The molecule has 0 saturated heterocycles. The molecule has 2 atom stereocenters. The highest BCUT2D eigenvalue weighted by Crippen LogP contribution is 2.13. The molecule has 0 unspecified atom stereocenters. The van der Waals surface area contributed by atoms with Crippen molar-refractivity contribution in [1.29, 1.82) is 0 Å². The quantitative estimate of drug-likeness (QED) is 0.320. The molecule has 1 aromatic rings. The molecule has 10 nitrogen and oxygen atoms in total. The maximum absolute atomic E-state index is 13.1. The Bertz CT molecular complexity index is 825. The van der Waals surface area contributed by atoms with Crippen LogP contribution in [0.2, 0.25) is 0 Å². The molecule has 0 aliphatic heterocycles. The van der Waals surface area contributed by atoms with Gasteiger partial charge in [0.2, 0.25) is 11.8 Å². The maximum Gasteiger partial charge on any atom is 0.408 e. The third kappa shape index (κ3) is 11.8. The molecule has 11 heteroatoms. The maximum atomic E-state index is 13.1. The second kappa shape index (κ2) is 14.3. The van der Waals surface area contributed by atoms with Gasteiger partial charge in [-0.05, 0) is 63.8 Å². The number of esters is 1. The number of carbonyl (C=O) groups excluding carboxylic acids is 4. The molecule has 1 aromatic carbocycles. The molecular formula is C23H35N3O7S. The van der Waals surface area contributed by atoms with E-state index in [1.807, 2.05) is 6.26 Å². The number of aromatic hydroxyl groups is 1. The van der Waals surface area contributed by atoms with Crippen molar-refractivity contribution in [2.75, 3.05) is 25.2 Å². The lowest BCUT2D eigenvalue weighted by Gasteiger charge is -2.25. The Balaban J connectivity index is 2.98. The zero-order valence-electron chi connectivity index (χ0n) is 20.3. The van der Waals surface area contributed by atoms with E-state index < -0.39 is 41.6 Å². The standard InChI is InChI=1S/C23H35N3O7S/c1-6-32-19(28)14-24-20(29)17(11-12-34-5)25-21(30)18(26-22(31)33-23(2,3)4)13-15-7-9-16(27)10-8-15/h7-10,17-18,27H,6,11-14H2,1-5H3,(H,24,29)(H,25,30)(H,26,31)/t17-,18-/m0/s1. The Morgan fingerprint density at radius 1 is 1.03 bits per heavy atom. The number of thioether (sulfide) groups is 1. The van der Waals surface area contributed by atoms with Gasteiger partial charge in [0.05, 0.1) is 6.61 Å². The number of phenolic OH excluding ortho intramolecular Hbond substituents is 1. The molecule has 0 aliphatic carbocycles. The van der Waals surface area contributed by atoms with Crippen LogP contribution in [-0.4, -0.2) is 71.8 Å². The van der Waals surface area contributed by atoms with Crippen LogP contribution in [0.4, 0.5) is 4.79 Å². The highest BCUT2D eigenvalue weighted by atomic mass is 32.2. The lowest BCUT2D eigenvalue weighted by atomic mass is 10.0. The number of nitrogens with one attached hydrogen (secondary N) is 3. The number of rotatable bonds is 12. The number of hydrogen-bond acceptors (Lipinski definition) is 8. The van der Waals surface area contributed by atoms with Crippen LogP contribution in [0.5, 0.6) is 5.75 Å². The van der Waals surface area contributed by atoms with Gasteiger partial charge in [0.25, 0.3) is 0 Å². The predicted molar refractivity (Wildman–Crippen MR) is 130 cm³/mol. The van der Waals surface area contributed by atoms with Gasteiger partial charge in [0.15, 0.2) is 0 Å². The van der Waals surface area contributed by atoms with Gasteiger partial charge in [0, 0.05) is 6.42 Å². The zero-order chi connectivity index (χ0) is 25.7. The SMILES string of the molecule is CCOC(=O)CNC(=O)[C@H](CCSC)NC(=O)[C@H](Cc1ccc(O)cc1)NC(=O)OC(C)(C)C. The third-order valence-corrected chi connectivity index (χ3v) is 4.98. The number of alkyl carbamates (subject to hydrolysis) is 1. The summed E-state index contributed by atoms with van der Waals surface area (Å²) in [4.78, 5) is 49.7. The van der Waals surface area contributed by atoms with E-state index in [-0.39, 0.29) is 25.3 Å². The van der Waals surface area contributed by atoms with Crippen molar-refractivity contribution in [2.45, 2.75) is 58.2 Å². The monoisotopic (exact) mass is 497 g/mol. The third-order valence-electron chi connectivity index (χ3n) is 4.34. The molecule has 0 aliphatic rings. The fourth-order valence-electron chi connectivity index (χ4n) is 2.80. The average molecular weight is 498 g/mol. The summed E-state index contributed by atoms with van der Waals surface area (Å²) in [6, 6.07) is 4.24. The molecule has 0 spiro atoms. The minimum atomic E-state index is -1.05. The topological polar surface area (TPSA) is 143 Å². The number of hydrogen-bond donors (Lipinski definition) is 4. The number of amides is 3. The molecule has 190 valence electrons. The second-order valence-electron chi connectivity index (χ2n) is 8.43. The van der Waals surface area contributed by atoms with Gasteiger partial charge in [-0.2, -0.15) is 11.8 Å². The van der Waals surface area contributed by atoms with Crippen LogP contribution in [0.3, 0.4) is 0 Å². The fourth-order valence-corrected chi connectivity index (χ4v) is 3.27. The Hall–Kier alpha value is -2.95. The van der Waals surface area contributed by atoms with E-state index in [1.165, 1.54) is 23.9 Å². The molecule has 0 saturated carbocycles. The zero-order valence-corrected chi connectivity index (χ0v) is 21.1. The largest absolute Gasteiger partial charge is 0.508 e. The first-order valence-corrected chi connectivity index (χ1v) is 12.3. The number of ether oxygens (including phenoxy) is 2. The Morgan fingerprint density at radius 3 is 2.24 bits per heavy atom.